The van der Waals surface area contributed by atoms with Gasteiger partial charge in [-0.05, 0) is 51.7 Å². The molecule has 2 heterocycles. The van der Waals surface area contributed by atoms with Gasteiger partial charge in [0.1, 0.15) is 5.60 Å². The van der Waals surface area contributed by atoms with Gasteiger partial charge in [-0.3, -0.25) is 4.90 Å². The highest BCUT2D eigenvalue weighted by atomic mass is 16.6. The highest BCUT2D eigenvalue weighted by molar-refractivity contribution is 5.80. The highest BCUT2D eigenvalue weighted by Crippen LogP contribution is 2.41. The second-order valence-corrected chi connectivity index (χ2v) is 7.99. The van der Waals surface area contributed by atoms with Crippen molar-refractivity contribution in [3.8, 4) is 0 Å². The van der Waals surface area contributed by atoms with Gasteiger partial charge in [0.15, 0.2) is 0 Å². The first-order valence-corrected chi connectivity index (χ1v) is 8.75. The molecule has 4 heteroatoms. The van der Waals surface area contributed by atoms with E-state index in [9.17, 15) is 4.79 Å². The standard InChI is InChI=1S/C20H28N2O2/c1-20(2,3)24-19(23)22-15-10-11-16(22)13-14(12-15)17-8-6-7-9-18(17)21(4)5/h6-9,12,15-16H,10-11,13H2,1-5H3. The number of hydrogen-bond acceptors (Lipinski definition) is 3. The van der Waals surface area contributed by atoms with E-state index in [1.807, 2.05) is 25.7 Å². The van der Waals surface area contributed by atoms with Crippen molar-refractivity contribution in [2.45, 2.75) is 57.7 Å². The van der Waals surface area contributed by atoms with Crippen molar-refractivity contribution >= 4 is 17.4 Å². The van der Waals surface area contributed by atoms with E-state index < -0.39 is 5.60 Å². The van der Waals surface area contributed by atoms with Crippen LogP contribution in [-0.4, -0.2) is 42.8 Å². The lowest BCUT2D eigenvalue weighted by atomic mass is 9.93. The molecule has 0 spiro atoms. The summed E-state index contributed by atoms with van der Waals surface area (Å²) in [4.78, 5) is 16.7. The maximum atomic E-state index is 12.6. The molecule has 1 fully saturated rings. The van der Waals surface area contributed by atoms with Crippen LogP contribution < -0.4 is 4.90 Å². The van der Waals surface area contributed by atoms with Crippen molar-refractivity contribution in [1.29, 1.82) is 0 Å². The van der Waals surface area contributed by atoms with Gasteiger partial charge in [-0.1, -0.05) is 24.3 Å². The van der Waals surface area contributed by atoms with Crippen LogP contribution in [0.4, 0.5) is 10.5 Å². The van der Waals surface area contributed by atoms with Crippen LogP contribution in [0.2, 0.25) is 0 Å². The van der Waals surface area contributed by atoms with Crippen molar-refractivity contribution < 1.29 is 9.53 Å². The summed E-state index contributed by atoms with van der Waals surface area (Å²) < 4.78 is 5.61. The smallest absolute Gasteiger partial charge is 0.411 e. The second kappa shape index (κ2) is 6.15. The first-order valence-electron chi connectivity index (χ1n) is 8.75. The van der Waals surface area contributed by atoms with E-state index in [4.69, 9.17) is 4.74 Å². The molecule has 130 valence electrons. The molecule has 1 saturated heterocycles. The van der Waals surface area contributed by atoms with Crippen molar-refractivity contribution in [3.05, 3.63) is 35.9 Å². The maximum absolute atomic E-state index is 12.6. The number of carbonyl (C=O) groups is 1. The molecule has 3 rings (SSSR count). The third kappa shape index (κ3) is 3.28. The van der Waals surface area contributed by atoms with Crippen molar-refractivity contribution in [2.75, 3.05) is 19.0 Å². The summed E-state index contributed by atoms with van der Waals surface area (Å²) >= 11 is 0. The van der Waals surface area contributed by atoms with Crippen LogP contribution in [0.25, 0.3) is 5.57 Å². The lowest BCUT2D eigenvalue weighted by molar-refractivity contribution is 0.0175. The number of para-hydroxylation sites is 1. The summed E-state index contributed by atoms with van der Waals surface area (Å²) in [5.74, 6) is 0. The number of nitrogens with zero attached hydrogens (tertiary/aromatic N) is 2. The maximum Gasteiger partial charge on any atom is 0.411 e. The Morgan fingerprint density at radius 3 is 2.54 bits per heavy atom. The van der Waals surface area contributed by atoms with E-state index in [2.05, 4.69) is 49.3 Å². The van der Waals surface area contributed by atoms with Crippen LogP contribution in [0.3, 0.4) is 0 Å². The van der Waals surface area contributed by atoms with Gasteiger partial charge in [0.05, 0.1) is 6.04 Å². The Balaban J connectivity index is 1.87. The Bertz CT molecular complexity index is 658. The average Bonchev–Trinajstić information content (AvgIpc) is 2.76. The molecule has 2 unspecified atom stereocenters. The molecule has 0 aromatic heterocycles. The molecule has 2 aliphatic heterocycles. The van der Waals surface area contributed by atoms with Gasteiger partial charge >= 0.3 is 6.09 Å². The molecule has 2 aliphatic rings. The van der Waals surface area contributed by atoms with Crippen LogP contribution in [-0.2, 0) is 4.74 Å². The third-order valence-corrected chi connectivity index (χ3v) is 4.73. The molecule has 2 bridgehead atoms. The minimum absolute atomic E-state index is 0.156. The Hall–Kier alpha value is -1.97. The monoisotopic (exact) mass is 328 g/mol. The van der Waals surface area contributed by atoms with Gasteiger partial charge in [0, 0.05) is 31.4 Å². The van der Waals surface area contributed by atoms with Crippen LogP contribution in [0.15, 0.2) is 30.3 Å². The molecule has 0 N–H and O–H groups in total. The largest absolute Gasteiger partial charge is 0.444 e. The van der Waals surface area contributed by atoms with Crippen LogP contribution in [0, 0.1) is 0 Å². The van der Waals surface area contributed by atoms with E-state index in [0.717, 1.165) is 19.3 Å². The van der Waals surface area contributed by atoms with Gasteiger partial charge in [-0.15, -0.1) is 0 Å². The predicted octanol–water partition coefficient (Wildman–Crippen LogP) is 4.31. The number of amides is 1. The van der Waals surface area contributed by atoms with E-state index in [1.54, 1.807) is 0 Å². The topological polar surface area (TPSA) is 32.8 Å². The van der Waals surface area contributed by atoms with Gasteiger partial charge in [0.2, 0.25) is 0 Å². The molecule has 1 amide bonds. The second-order valence-electron chi connectivity index (χ2n) is 7.99. The quantitative estimate of drug-likeness (QED) is 0.811. The number of hydrogen-bond donors (Lipinski definition) is 0. The van der Waals surface area contributed by atoms with Crippen molar-refractivity contribution in [3.63, 3.8) is 0 Å². The molecule has 0 saturated carbocycles. The predicted molar refractivity (Wildman–Crippen MR) is 98.2 cm³/mol. The Kier molecular flexibility index (Phi) is 4.33. The van der Waals surface area contributed by atoms with Crippen LogP contribution in [0.1, 0.15) is 45.6 Å². The number of fused-ring (bicyclic) bond motifs is 2. The zero-order valence-electron chi connectivity index (χ0n) is 15.4. The van der Waals surface area contributed by atoms with Gasteiger partial charge in [0.25, 0.3) is 0 Å². The molecule has 0 radical (unpaired) electrons. The molecule has 24 heavy (non-hydrogen) atoms. The summed E-state index contributed by atoms with van der Waals surface area (Å²) in [6.45, 7) is 5.77. The minimum atomic E-state index is -0.446. The highest BCUT2D eigenvalue weighted by Gasteiger charge is 2.41. The molecule has 0 aliphatic carbocycles. The molecule has 2 atom stereocenters. The van der Waals surface area contributed by atoms with Crippen molar-refractivity contribution in [2.24, 2.45) is 0 Å². The van der Waals surface area contributed by atoms with E-state index in [0.29, 0.717) is 0 Å². The first-order chi connectivity index (χ1) is 11.3. The summed E-state index contributed by atoms with van der Waals surface area (Å²) in [5.41, 5.74) is 3.42. The van der Waals surface area contributed by atoms with E-state index in [1.165, 1.54) is 16.8 Å². The Morgan fingerprint density at radius 1 is 1.21 bits per heavy atom. The number of ether oxygens (including phenoxy) is 1. The fraction of sp³-hybridized carbons (Fsp3) is 0.550. The van der Waals surface area contributed by atoms with Gasteiger partial charge < -0.3 is 9.64 Å². The summed E-state index contributed by atoms with van der Waals surface area (Å²) in [7, 11) is 4.15. The van der Waals surface area contributed by atoms with E-state index in [-0.39, 0.29) is 18.2 Å². The number of rotatable bonds is 2. The Morgan fingerprint density at radius 2 is 1.92 bits per heavy atom. The average molecular weight is 328 g/mol. The van der Waals surface area contributed by atoms with Crippen LogP contribution in [0.5, 0.6) is 0 Å². The summed E-state index contributed by atoms with van der Waals surface area (Å²) in [5, 5.41) is 0. The third-order valence-electron chi connectivity index (χ3n) is 4.73. The molecule has 4 nitrogen and oxygen atoms in total. The zero-order chi connectivity index (χ0) is 17.5. The SMILES string of the molecule is CN(C)c1ccccc1C1=CC2CCC(C1)N2C(=O)OC(C)(C)C. The Labute approximate surface area is 145 Å². The first kappa shape index (κ1) is 16.9. The molecular weight excluding hydrogens is 300 g/mol. The van der Waals surface area contributed by atoms with Gasteiger partial charge in [-0.25, -0.2) is 4.79 Å². The number of anilines is 1. The number of benzene rings is 1. The van der Waals surface area contributed by atoms with E-state index >= 15 is 0 Å². The number of carbonyl (C=O) groups excluding carboxylic acids is 1. The lowest BCUT2D eigenvalue weighted by Gasteiger charge is -2.36. The normalized spacial score (nSPS) is 23.0. The van der Waals surface area contributed by atoms with Crippen molar-refractivity contribution in [1.82, 2.24) is 4.90 Å². The summed E-state index contributed by atoms with van der Waals surface area (Å²) in [6, 6.07) is 8.90. The molecule has 1 aromatic rings. The zero-order valence-corrected chi connectivity index (χ0v) is 15.4. The molecule has 1 aromatic carbocycles. The lowest BCUT2D eigenvalue weighted by Crippen LogP contribution is -2.45. The van der Waals surface area contributed by atoms with Crippen LogP contribution >= 0.6 is 0 Å². The fourth-order valence-corrected chi connectivity index (χ4v) is 3.76. The molecular formula is C20H28N2O2. The van der Waals surface area contributed by atoms with Gasteiger partial charge in [-0.2, -0.15) is 0 Å². The summed E-state index contributed by atoms with van der Waals surface area (Å²) in [6.07, 6.45) is 5.08. The fourth-order valence-electron chi connectivity index (χ4n) is 3.76. The minimum Gasteiger partial charge on any atom is -0.444 e.